The minimum Gasteiger partial charge on any atom is -0.493 e. The molecule has 0 bridgehead atoms. The van der Waals surface area contributed by atoms with Crippen LogP contribution in [0.2, 0.25) is 0 Å². The van der Waals surface area contributed by atoms with Crippen LogP contribution in [-0.2, 0) is 14.6 Å². The van der Waals surface area contributed by atoms with Crippen molar-refractivity contribution >= 4 is 42.4 Å². The van der Waals surface area contributed by atoms with Gasteiger partial charge in [0.2, 0.25) is 5.91 Å². The van der Waals surface area contributed by atoms with E-state index in [1.807, 2.05) is 12.1 Å². The molecule has 182 valence electrons. The Balaban J connectivity index is 1.26. The Morgan fingerprint density at radius 1 is 1.06 bits per heavy atom. The highest BCUT2D eigenvalue weighted by Gasteiger charge is 2.22. The number of carbonyl (C=O) groups excluding carboxylic acids is 1. The standard InChI is InChI=1S/C23H28N4O5S2/c1-31-18-8-9-19-21(22(18)32-2)25-23(33-19)27-14-12-26(13-15-27)11-10-24-20(28)16-34(29,30)17-6-4-3-5-7-17/h3-9H,10-16H2,1-2H3,(H,24,28). The fraction of sp³-hybridized carbons (Fsp3) is 0.391. The summed E-state index contributed by atoms with van der Waals surface area (Å²) in [4.78, 5) is 21.6. The van der Waals surface area contributed by atoms with Crippen LogP contribution in [0.3, 0.4) is 0 Å². The summed E-state index contributed by atoms with van der Waals surface area (Å²) in [5.74, 6) is 0.277. The summed E-state index contributed by atoms with van der Waals surface area (Å²) < 4.78 is 36.6. The summed E-state index contributed by atoms with van der Waals surface area (Å²) in [5, 5.41) is 3.68. The monoisotopic (exact) mass is 504 g/mol. The van der Waals surface area contributed by atoms with Crippen LogP contribution in [0.4, 0.5) is 5.13 Å². The molecule has 0 atom stereocenters. The van der Waals surface area contributed by atoms with E-state index in [4.69, 9.17) is 14.5 Å². The SMILES string of the molecule is COc1ccc2sc(N3CCN(CCNC(=O)CS(=O)(=O)c4ccccc4)CC3)nc2c1OC. The van der Waals surface area contributed by atoms with Crippen molar-refractivity contribution in [1.29, 1.82) is 0 Å². The van der Waals surface area contributed by atoms with Crippen molar-refractivity contribution in [2.24, 2.45) is 0 Å². The summed E-state index contributed by atoms with van der Waals surface area (Å²) in [6.45, 7) is 4.35. The van der Waals surface area contributed by atoms with Crippen molar-refractivity contribution < 1.29 is 22.7 Å². The van der Waals surface area contributed by atoms with Crippen molar-refractivity contribution in [3.8, 4) is 11.5 Å². The molecule has 11 heteroatoms. The van der Waals surface area contributed by atoms with Crippen molar-refractivity contribution in [1.82, 2.24) is 15.2 Å². The predicted molar refractivity (Wildman–Crippen MR) is 133 cm³/mol. The molecule has 1 fully saturated rings. The summed E-state index contributed by atoms with van der Waals surface area (Å²) in [7, 11) is -0.400. The Morgan fingerprint density at radius 2 is 1.79 bits per heavy atom. The number of hydrogen-bond donors (Lipinski definition) is 1. The lowest BCUT2D eigenvalue weighted by Crippen LogP contribution is -2.48. The first-order chi connectivity index (χ1) is 16.4. The minimum atomic E-state index is -3.63. The smallest absolute Gasteiger partial charge is 0.235 e. The lowest BCUT2D eigenvalue weighted by Gasteiger charge is -2.34. The molecule has 0 saturated carbocycles. The Morgan fingerprint density at radius 3 is 2.47 bits per heavy atom. The number of thiazole rings is 1. The highest BCUT2D eigenvalue weighted by Crippen LogP contribution is 2.40. The molecule has 3 aromatic rings. The first-order valence-electron chi connectivity index (χ1n) is 10.9. The van der Waals surface area contributed by atoms with E-state index < -0.39 is 21.5 Å². The summed E-state index contributed by atoms with van der Waals surface area (Å²) in [6.07, 6.45) is 0. The van der Waals surface area contributed by atoms with E-state index in [0.717, 1.165) is 41.5 Å². The van der Waals surface area contributed by atoms with Gasteiger partial charge in [-0.1, -0.05) is 29.5 Å². The van der Waals surface area contributed by atoms with Crippen LogP contribution in [0.25, 0.3) is 10.2 Å². The second kappa shape index (κ2) is 10.6. The number of carbonyl (C=O) groups is 1. The number of methoxy groups -OCH3 is 2. The van der Waals surface area contributed by atoms with Gasteiger partial charge in [-0.15, -0.1) is 0 Å². The fourth-order valence-corrected chi connectivity index (χ4v) is 6.09. The Kier molecular flexibility index (Phi) is 7.54. The molecule has 34 heavy (non-hydrogen) atoms. The maximum atomic E-state index is 12.3. The average molecular weight is 505 g/mol. The maximum Gasteiger partial charge on any atom is 0.235 e. The molecule has 4 rings (SSSR count). The van der Waals surface area contributed by atoms with Gasteiger partial charge in [0.1, 0.15) is 11.3 Å². The molecule has 0 spiro atoms. The van der Waals surface area contributed by atoms with Crippen LogP contribution in [-0.4, -0.2) is 83.4 Å². The molecule has 1 aromatic heterocycles. The summed E-state index contributed by atoms with van der Waals surface area (Å²) in [6, 6.07) is 11.9. The van der Waals surface area contributed by atoms with Crippen LogP contribution in [0, 0.1) is 0 Å². The minimum absolute atomic E-state index is 0.159. The highest BCUT2D eigenvalue weighted by molar-refractivity contribution is 7.92. The number of sulfone groups is 1. The number of nitrogens with one attached hydrogen (secondary N) is 1. The third-order valence-electron chi connectivity index (χ3n) is 5.71. The Hall–Kier alpha value is -2.89. The van der Waals surface area contributed by atoms with Crippen LogP contribution < -0.4 is 19.7 Å². The zero-order valence-electron chi connectivity index (χ0n) is 19.2. The lowest BCUT2D eigenvalue weighted by atomic mass is 10.3. The maximum absolute atomic E-state index is 12.3. The van der Waals surface area contributed by atoms with Crippen LogP contribution >= 0.6 is 11.3 Å². The van der Waals surface area contributed by atoms with Gasteiger partial charge >= 0.3 is 0 Å². The number of fused-ring (bicyclic) bond motifs is 1. The number of aromatic nitrogens is 1. The number of piperazine rings is 1. The number of anilines is 1. The van der Waals surface area contributed by atoms with Gasteiger partial charge < -0.3 is 19.7 Å². The molecule has 0 aliphatic carbocycles. The predicted octanol–water partition coefficient (Wildman–Crippen LogP) is 2.03. The third-order valence-corrected chi connectivity index (χ3v) is 8.42. The van der Waals surface area contributed by atoms with Gasteiger partial charge in [-0.2, -0.15) is 0 Å². The van der Waals surface area contributed by atoms with Gasteiger partial charge in [-0.05, 0) is 24.3 Å². The molecular formula is C23H28N4O5S2. The second-order valence-electron chi connectivity index (χ2n) is 7.90. The van der Waals surface area contributed by atoms with Crippen LogP contribution in [0.15, 0.2) is 47.4 Å². The first kappa shape index (κ1) is 24.2. The van der Waals surface area contributed by atoms with Crippen molar-refractivity contribution in [3.05, 3.63) is 42.5 Å². The van der Waals surface area contributed by atoms with E-state index in [0.29, 0.717) is 24.6 Å². The summed E-state index contributed by atoms with van der Waals surface area (Å²) >= 11 is 1.63. The summed E-state index contributed by atoms with van der Waals surface area (Å²) in [5.41, 5.74) is 0.803. The molecule has 0 unspecified atom stereocenters. The molecule has 1 aliphatic rings. The molecular weight excluding hydrogens is 476 g/mol. The average Bonchev–Trinajstić information content (AvgIpc) is 3.28. The van der Waals surface area contributed by atoms with E-state index in [1.165, 1.54) is 12.1 Å². The number of amides is 1. The number of ether oxygens (including phenoxy) is 2. The van der Waals surface area contributed by atoms with E-state index in [1.54, 1.807) is 43.8 Å². The Labute approximate surface area is 203 Å². The van der Waals surface area contributed by atoms with E-state index in [-0.39, 0.29) is 4.90 Å². The van der Waals surface area contributed by atoms with Gasteiger partial charge in [-0.3, -0.25) is 9.69 Å². The molecule has 1 N–H and O–H groups in total. The van der Waals surface area contributed by atoms with Crippen molar-refractivity contribution in [2.45, 2.75) is 4.90 Å². The molecule has 0 radical (unpaired) electrons. The van der Waals surface area contributed by atoms with E-state index in [2.05, 4.69) is 15.1 Å². The zero-order valence-corrected chi connectivity index (χ0v) is 20.8. The topological polar surface area (TPSA) is 101 Å². The van der Waals surface area contributed by atoms with E-state index in [9.17, 15) is 13.2 Å². The number of benzene rings is 2. The normalized spacial score (nSPS) is 14.8. The van der Waals surface area contributed by atoms with Crippen LogP contribution in [0.1, 0.15) is 0 Å². The van der Waals surface area contributed by atoms with Gasteiger partial charge in [0.15, 0.2) is 26.5 Å². The van der Waals surface area contributed by atoms with E-state index >= 15 is 0 Å². The van der Waals surface area contributed by atoms with Gasteiger partial charge in [0, 0.05) is 39.3 Å². The molecule has 2 heterocycles. The number of nitrogens with zero attached hydrogens (tertiary/aromatic N) is 3. The number of rotatable bonds is 9. The first-order valence-corrected chi connectivity index (χ1v) is 13.4. The van der Waals surface area contributed by atoms with Gasteiger partial charge in [-0.25, -0.2) is 13.4 Å². The van der Waals surface area contributed by atoms with Gasteiger partial charge in [0.05, 0.1) is 23.8 Å². The quantitative estimate of drug-likeness (QED) is 0.472. The van der Waals surface area contributed by atoms with Crippen molar-refractivity contribution in [3.63, 3.8) is 0 Å². The largest absolute Gasteiger partial charge is 0.493 e. The number of hydrogen-bond acceptors (Lipinski definition) is 9. The zero-order chi connectivity index (χ0) is 24.1. The lowest BCUT2D eigenvalue weighted by molar-refractivity contribution is -0.118. The highest BCUT2D eigenvalue weighted by atomic mass is 32.2. The molecule has 1 amide bonds. The van der Waals surface area contributed by atoms with Crippen LogP contribution in [0.5, 0.6) is 11.5 Å². The molecule has 1 aliphatic heterocycles. The molecule has 9 nitrogen and oxygen atoms in total. The third kappa shape index (κ3) is 5.43. The van der Waals surface area contributed by atoms with Crippen molar-refractivity contribution in [2.75, 3.05) is 64.1 Å². The fourth-order valence-electron chi connectivity index (χ4n) is 3.88. The molecule has 2 aromatic carbocycles. The molecule has 1 saturated heterocycles. The van der Waals surface area contributed by atoms with Gasteiger partial charge in [0.25, 0.3) is 0 Å². The Bertz CT molecular complexity index is 1240. The second-order valence-corrected chi connectivity index (χ2v) is 10.9.